The van der Waals surface area contributed by atoms with Crippen LogP contribution in [0.15, 0.2) is 182 Å². The third-order valence-corrected chi connectivity index (χ3v) is 7.61. The van der Waals surface area contributed by atoms with Crippen LogP contribution in [-0.4, -0.2) is 0 Å². The molecule has 196 valence electrons. The Hall–Kier alpha value is -5.39. The molecule has 0 atom stereocenters. The Morgan fingerprint density at radius 3 is 0.854 bits per heavy atom. The minimum atomic E-state index is -0.868. The topological polar surface area (TPSA) is 18.5 Å². The van der Waals surface area contributed by atoms with Crippen LogP contribution in [0.2, 0.25) is 0 Å². The molecule has 0 heterocycles. The predicted molar refractivity (Wildman–Crippen MR) is 169 cm³/mol. The van der Waals surface area contributed by atoms with E-state index in [4.69, 9.17) is 10.4 Å². The lowest BCUT2D eigenvalue weighted by Gasteiger charge is -2.39. The molecule has 0 aliphatic rings. The number of hydrogen-bond donors (Lipinski definition) is 0. The molecule has 0 N–H and O–H groups in total. The van der Waals surface area contributed by atoms with Crippen molar-refractivity contribution in [2.24, 2.45) is 0 Å². The molecule has 6 aromatic rings. The summed E-state index contributed by atoms with van der Waals surface area (Å²) in [6, 6.07) is 66.1. The second-order valence-corrected chi connectivity index (χ2v) is 9.97. The summed E-state index contributed by atoms with van der Waals surface area (Å²) in [6.45, 7) is 0. The van der Waals surface area contributed by atoms with Gasteiger partial charge in [0.1, 0.15) is 0 Å². The van der Waals surface area contributed by atoms with Crippen LogP contribution in [0, 0.1) is 6.07 Å². The van der Waals surface area contributed by atoms with Crippen molar-refractivity contribution in [3.05, 3.63) is 226 Å². The van der Waals surface area contributed by atoms with Crippen molar-refractivity contribution in [3.63, 3.8) is 0 Å². The van der Waals surface area contributed by atoms with Crippen molar-refractivity contribution >= 4 is 0 Å². The highest BCUT2D eigenvalue weighted by Gasteiger charge is 2.41. The first-order valence-corrected chi connectivity index (χ1v) is 13.9. The molecule has 0 aliphatic heterocycles. The molecule has 6 rings (SSSR count). The first kappa shape index (κ1) is 25.9. The third kappa shape index (κ3) is 4.91. The van der Waals surface area contributed by atoms with E-state index in [-0.39, 0.29) is 0 Å². The van der Waals surface area contributed by atoms with E-state index in [1.807, 2.05) is 36.4 Å². The van der Waals surface area contributed by atoms with E-state index in [0.717, 1.165) is 33.4 Å². The molecule has 2 heteroatoms. The molecule has 0 unspecified atom stereocenters. The van der Waals surface area contributed by atoms with Gasteiger partial charge in [-0.15, -0.1) is 0 Å². The van der Waals surface area contributed by atoms with Gasteiger partial charge >= 0.3 is 0 Å². The van der Waals surface area contributed by atoms with Crippen LogP contribution in [0.3, 0.4) is 0 Å². The van der Waals surface area contributed by atoms with Gasteiger partial charge in [0.2, 0.25) is 0 Å². The average Bonchev–Trinajstić information content (AvgIpc) is 3.08. The molecule has 2 nitrogen and oxygen atoms in total. The van der Waals surface area contributed by atoms with Crippen LogP contribution in [0.5, 0.6) is 0 Å². The predicted octanol–water partition coefficient (Wildman–Crippen LogP) is 9.63. The lowest BCUT2D eigenvalue weighted by molar-refractivity contribution is 0.744. The SMILES string of the molecule is C(#[N+][N-]C(c1ccccc1)(c1ccccc1)c1ccccc1)C(c1ccccc1)(c1ccccc1)c1ccccc1. The van der Waals surface area contributed by atoms with E-state index >= 15 is 0 Å². The smallest absolute Gasteiger partial charge is 0.288 e. The van der Waals surface area contributed by atoms with Crippen molar-refractivity contribution in [3.8, 4) is 6.07 Å². The van der Waals surface area contributed by atoms with Crippen LogP contribution in [0.25, 0.3) is 10.4 Å². The Balaban J connectivity index is 1.62. The van der Waals surface area contributed by atoms with Crippen molar-refractivity contribution < 1.29 is 0 Å². The highest BCUT2D eigenvalue weighted by Crippen LogP contribution is 2.45. The van der Waals surface area contributed by atoms with Crippen LogP contribution < -0.4 is 0 Å². The van der Waals surface area contributed by atoms with Gasteiger partial charge in [-0.25, -0.2) is 0 Å². The van der Waals surface area contributed by atoms with Gasteiger partial charge < -0.3 is 0 Å². The molecular weight excluding hydrogens is 496 g/mol. The molecule has 0 spiro atoms. The number of rotatable bonds is 7. The van der Waals surface area contributed by atoms with E-state index in [2.05, 4.69) is 152 Å². The third-order valence-electron chi connectivity index (χ3n) is 7.61. The van der Waals surface area contributed by atoms with E-state index < -0.39 is 11.0 Å². The normalized spacial score (nSPS) is 11.2. The number of hydrogen-bond acceptors (Lipinski definition) is 0. The minimum absolute atomic E-state index is 0.775. The second kappa shape index (κ2) is 11.8. The zero-order chi connectivity index (χ0) is 27.8. The van der Waals surface area contributed by atoms with Crippen molar-refractivity contribution in [1.82, 2.24) is 0 Å². The fourth-order valence-corrected chi connectivity index (χ4v) is 5.64. The van der Waals surface area contributed by atoms with Gasteiger partial charge in [-0.3, -0.25) is 5.43 Å². The number of benzene rings is 6. The Kier molecular flexibility index (Phi) is 7.43. The maximum Gasteiger partial charge on any atom is 0.292 e. The van der Waals surface area contributed by atoms with Gasteiger partial charge in [0.15, 0.2) is 5.41 Å². The maximum atomic E-state index is 5.24. The molecule has 41 heavy (non-hydrogen) atoms. The fraction of sp³-hybridized carbons (Fsp3) is 0.0513. The molecule has 0 aliphatic carbocycles. The highest BCUT2D eigenvalue weighted by molar-refractivity contribution is 5.60. The standard InChI is InChI=1S/C39H30N2/c1-7-19-32(20-8-1)38(33-21-9-2-10-22-33,34-23-11-3-12-24-34)31-40-41-39(35-25-13-4-14-26-35,36-27-15-5-16-28-36)37-29-17-6-18-30-37/h1-30H. The largest absolute Gasteiger partial charge is 0.292 e. The lowest BCUT2D eigenvalue weighted by Crippen LogP contribution is -2.29. The molecular formula is C39H30N2. The van der Waals surface area contributed by atoms with E-state index in [1.54, 1.807) is 0 Å². The number of nitrogens with zero attached hydrogens (tertiary/aromatic N) is 2. The van der Waals surface area contributed by atoms with Gasteiger partial charge in [-0.05, 0) is 33.4 Å². The first-order valence-electron chi connectivity index (χ1n) is 13.9. The molecule has 0 saturated heterocycles. The summed E-state index contributed by atoms with van der Waals surface area (Å²) in [6.07, 6.45) is 0. The monoisotopic (exact) mass is 526 g/mol. The summed E-state index contributed by atoms with van der Waals surface area (Å²) in [4.78, 5) is 4.95. The summed E-state index contributed by atoms with van der Waals surface area (Å²) in [5.74, 6) is 0. The average molecular weight is 527 g/mol. The summed E-state index contributed by atoms with van der Waals surface area (Å²) < 4.78 is 0. The van der Waals surface area contributed by atoms with Crippen LogP contribution in [-0.2, 0) is 11.0 Å². The summed E-state index contributed by atoms with van der Waals surface area (Å²) >= 11 is 0. The zero-order valence-corrected chi connectivity index (χ0v) is 22.7. The second-order valence-electron chi connectivity index (χ2n) is 9.97. The minimum Gasteiger partial charge on any atom is -0.288 e. The molecule has 0 radical (unpaired) electrons. The molecule has 0 amide bonds. The van der Waals surface area contributed by atoms with Crippen molar-refractivity contribution in [2.75, 3.05) is 0 Å². The van der Waals surface area contributed by atoms with Gasteiger partial charge in [-0.1, -0.05) is 187 Å². The quantitative estimate of drug-likeness (QED) is 0.146. The summed E-state index contributed by atoms with van der Waals surface area (Å²) in [5, 5.41) is 0. The Morgan fingerprint density at radius 2 is 0.585 bits per heavy atom. The summed E-state index contributed by atoms with van der Waals surface area (Å²) in [5.41, 5.74) is 9.91. The first-order chi connectivity index (χ1) is 20.3. The Bertz CT molecular complexity index is 1530. The fourth-order valence-electron chi connectivity index (χ4n) is 5.64. The van der Waals surface area contributed by atoms with Crippen LogP contribution >= 0.6 is 0 Å². The van der Waals surface area contributed by atoms with Crippen LogP contribution in [0.1, 0.15) is 33.4 Å². The van der Waals surface area contributed by atoms with E-state index in [9.17, 15) is 0 Å². The van der Waals surface area contributed by atoms with Crippen molar-refractivity contribution in [2.45, 2.75) is 11.0 Å². The molecule has 6 aromatic carbocycles. The van der Waals surface area contributed by atoms with Gasteiger partial charge in [0.05, 0.1) is 0 Å². The van der Waals surface area contributed by atoms with E-state index in [0.29, 0.717) is 0 Å². The highest BCUT2D eigenvalue weighted by atomic mass is 15.3. The zero-order valence-electron chi connectivity index (χ0n) is 22.7. The summed E-state index contributed by atoms with van der Waals surface area (Å²) in [7, 11) is 0. The Labute approximate surface area is 242 Å². The molecule has 0 bridgehead atoms. The van der Waals surface area contributed by atoms with Crippen LogP contribution in [0.4, 0.5) is 0 Å². The van der Waals surface area contributed by atoms with Gasteiger partial charge in [0.25, 0.3) is 6.07 Å². The Morgan fingerprint density at radius 1 is 0.341 bits per heavy atom. The molecule has 0 fully saturated rings. The van der Waals surface area contributed by atoms with E-state index in [1.165, 1.54) is 0 Å². The van der Waals surface area contributed by atoms with Gasteiger partial charge in [-0.2, -0.15) is 0 Å². The molecule has 0 saturated carbocycles. The van der Waals surface area contributed by atoms with Gasteiger partial charge in [0, 0.05) is 5.54 Å². The molecule has 0 aromatic heterocycles. The maximum absolute atomic E-state index is 5.24. The van der Waals surface area contributed by atoms with Crippen molar-refractivity contribution in [1.29, 1.82) is 0 Å². The lowest BCUT2D eigenvalue weighted by atomic mass is 9.70.